The van der Waals surface area contributed by atoms with Crippen molar-refractivity contribution < 1.29 is 18.3 Å². The highest BCUT2D eigenvalue weighted by atomic mass is 19.2. The van der Waals surface area contributed by atoms with Crippen molar-refractivity contribution in [2.75, 3.05) is 38.7 Å². The highest BCUT2D eigenvalue weighted by molar-refractivity contribution is 5.90. The van der Waals surface area contributed by atoms with Crippen LogP contribution < -0.4 is 10.6 Å². The summed E-state index contributed by atoms with van der Waals surface area (Å²) in [6.07, 6.45) is 0. The summed E-state index contributed by atoms with van der Waals surface area (Å²) < 4.78 is 32.5. The van der Waals surface area contributed by atoms with Crippen LogP contribution in [0.4, 0.5) is 19.3 Å². The molecule has 1 aromatic heterocycles. The number of methoxy groups -OCH3 is 1. The van der Waals surface area contributed by atoms with Gasteiger partial charge in [-0.05, 0) is 36.8 Å². The van der Waals surface area contributed by atoms with Crippen LogP contribution in [0.1, 0.15) is 17.2 Å². The molecule has 0 unspecified atom stereocenters. The van der Waals surface area contributed by atoms with Gasteiger partial charge in [0.25, 0.3) is 0 Å². The fourth-order valence-electron chi connectivity index (χ4n) is 4.30. The van der Waals surface area contributed by atoms with Crippen molar-refractivity contribution in [1.82, 2.24) is 15.2 Å². The molecule has 4 rings (SSSR count). The van der Waals surface area contributed by atoms with Gasteiger partial charge in [-0.1, -0.05) is 36.4 Å². The molecule has 2 N–H and O–H groups in total. The van der Waals surface area contributed by atoms with Crippen molar-refractivity contribution in [1.29, 1.82) is 0 Å². The van der Waals surface area contributed by atoms with Crippen LogP contribution in [0, 0.1) is 18.6 Å². The number of rotatable bonds is 7. The van der Waals surface area contributed by atoms with Crippen molar-refractivity contribution in [2.24, 2.45) is 0 Å². The average Bonchev–Trinajstić information content (AvgIpc) is 3.23. The second kappa shape index (κ2) is 10.7. The number of benzene rings is 2. The zero-order valence-electron chi connectivity index (χ0n) is 19.2. The van der Waals surface area contributed by atoms with Crippen LogP contribution in [0.5, 0.6) is 0 Å². The van der Waals surface area contributed by atoms with E-state index in [4.69, 9.17) is 4.74 Å². The molecule has 6 nitrogen and oxygen atoms in total. The molecule has 34 heavy (non-hydrogen) atoms. The molecule has 8 heteroatoms. The molecular formula is C26H28F2N4O2. The Bertz CT molecular complexity index is 1140. The SMILES string of the molecule is COCCN1C[C@@H](NC(=O)Nc2ccc(-c3ccccc3)nc2C)[C@H](c2ccc(F)c(F)c2)C1. The second-order valence-electron chi connectivity index (χ2n) is 8.43. The van der Waals surface area contributed by atoms with Gasteiger partial charge < -0.3 is 15.4 Å². The number of pyridine rings is 1. The summed E-state index contributed by atoms with van der Waals surface area (Å²) in [6.45, 7) is 4.24. The third kappa shape index (κ3) is 5.58. The van der Waals surface area contributed by atoms with E-state index >= 15 is 0 Å². The van der Waals surface area contributed by atoms with E-state index in [2.05, 4.69) is 20.5 Å². The number of hydrogen-bond donors (Lipinski definition) is 2. The Kier molecular flexibility index (Phi) is 7.49. The molecule has 178 valence electrons. The molecule has 2 amide bonds. The Hall–Kier alpha value is -3.36. The summed E-state index contributed by atoms with van der Waals surface area (Å²) in [7, 11) is 1.63. The smallest absolute Gasteiger partial charge is 0.319 e. The summed E-state index contributed by atoms with van der Waals surface area (Å²) in [5, 5.41) is 5.89. The monoisotopic (exact) mass is 466 g/mol. The number of ether oxygens (including phenoxy) is 1. The molecule has 1 aliphatic heterocycles. The molecule has 3 aromatic rings. The first kappa shape index (κ1) is 23.8. The van der Waals surface area contributed by atoms with Crippen LogP contribution in [0.2, 0.25) is 0 Å². The summed E-state index contributed by atoms with van der Waals surface area (Å²) >= 11 is 0. The molecule has 0 aliphatic carbocycles. The van der Waals surface area contributed by atoms with E-state index in [-0.39, 0.29) is 18.0 Å². The highest BCUT2D eigenvalue weighted by Gasteiger charge is 2.35. The molecule has 0 bridgehead atoms. The topological polar surface area (TPSA) is 66.5 Å². The number of halogens is 2. The molecule has 2 aromatic carbocycles. The maximum absolute atomic E-state index is 13.9. The number of anilines is 1. The summed E-state index contributed by atoms with van der Waals surface area (Å²) in [5.74, 6) is -1.96. The van der Waals surface area contributed by atoms with Crippen molar-refractivity contribution in [2.45, 2.75) is 18.9 Å². The van der Waals surface area contributed by atoms with Crippen LogP contribution >= 0.6 is 0 Å². The van der Waals surface area contributed by atoms with Crippen molar-refractivity contribution in [3.05, 3.63) is 83.6 Å². The number of hydrogen-bond acceptors (Lipinski definition) is 4. The van der Waals surface area contributed by atoms with Gasteiger partial charge in [0.2, 0.25) is 0 Å². The van der Waals surface area contributed by atoms with E-state index in [9.17, 15) is 13.6 Å². The minimum Gasteiger partial charge on any atom is -0.383 e. The lowest BCUT2D eigenvalue weighted by Crippen LogP contribution is -2.42. The minimum atomic E-state index is -0.892. The van der Waals surface area contributed by atoms with Gasteiger partial charge in [-0.25, -0.2) is 13.6 Å². The van der Waals surface area contributed by atoms with Crippen LogP contribution in [-0.4, -0.2) is 55.3 Å². The van der Waals surface area contributed by atoms with Gasteiger partial charge in [-0.15, -0.1) is 0 Å². The first-order valence-electron chi connectivity index (χ1n) is 11.2. The summed E-state index contributed by atoms with van der Waals surface area (Å²) in [6, 6.07) is 16.8. The largest absolute Gasteiger partial charge is 0.383 e. The van der Waals surface area contributed by atoms with E-state index in [0.29, 0.717) is 43.2 Å². The quantitative estimate of drug-likeness (QED) is 0.535. The molecule has 2 heterocycles. The van der Waals surface area contributed by atoms with Crippen molar-refractivity contribution >= 4 is 11.7 Å². The minimum absolute atomic E-state index is 0.183. The van der Waals surface area contributed by atoms with Gasteiger partial charge in [0.05, 0.1) is 29.7 Å². The molecule has 1 saturated heterocycles. The molecule has 0 radical (unpaired) electrons. The number of urea groups is 1. The molecule has 2 atom stereocenters. The number of aryl methyl sites for hydroxylation is 1. The van der Waals surface area contributed by atoms with Crippen LogP contribution in [0.3, 0.4) is 0 Å². The average molecular weight is 467 g/mol. The fourth-order valence-corrected chi connectivity index (χ4v) is 4.30. The first-order valence-corrected chi connectivity index (χ1v) is 11.2. The number of carbonyl (C=O) groups excluding carboxylic acids is 1. The van der Waals surface area contributed by atoms with Crippen LogP contribution in [0.25, 0.3) is 11.3 Å². The Morgan fingerprint density at radius 2 is 1.88 bits per heavy atom. The number of nitrogens with zero attached hydrogens (tertiary/aromatic N) is 2. The Morgan fingerprint density at radius 1 is 1.09 bits per heavy atom. The predicted molar refractivity (Wildman–Crippen MR) is 128 cm³/mol. The maximum atomic E-state index is 13.9. The van der Waals surface area contributed by atoms with Crippen LogP contribution in [-0.2, 0) is 4.74 Å². The second-order valence-corrected chi connectivity index (χ2v) is 8.43. The predicted octanol–water partition coefficient (Wildman–Crippen LogP) is 4.57. The van der Waals surface area contributed by atoms with E-state index in [1.165, 1.54) is 6.07 Å². The summed E-state index contributed by atoms with van der Waals surface area (Å²) in [4.78, 5) is 19.6. The maximum Gasteiger partial charge on any atom is 0.319 e. The number of likely N-dealkylation sites (tertiary alicyclic amines) is 1. The van der Waals surface area contributed by atoms with E-state index < -0.39 is 11.6 Å². The molecule has 0 spiro atoms. The normalized spacial score (nSPS) is 18.1. The van der Waals surface area contributed by atoms with Gasteiger partial charge in [0.15, 0.2) is 11.6 Å². The standard InChI is InChI=1S/C26H28F2N4O2/c1-17-23(10-11-24(29-17)18-6-4-3-5-7-18)30-26(33)31-25-16-32(12-13-34-2)15-20(25)19-8-9-21(27)22(28)14-19/h3-11,14,20,25H,12-13,15-16H2,1-2H3,(H2,30,31,33)/t20-,25+/m0/s1. The zero-order chi connectivity index (χ0) is 24.1. The summed E-state index contributed by atoms with van der Waals surface area (Å²) in [5.41, 5.74) is 3.77. The van der Waals surface area contributed by atoms with Gasteiger partial charge >= 0.3 is 6.03 Å². The Balaban J connectivity index is 1.47. The lowest BCUT2D eigenvalue weighted by molar-refractivity contribution is 0.159. The van der Waals surface area contributed by atoms with Gasteiger partial charge in [0, 0.05) is 38.2 Å². The van der Waals surface area contributed by atoms with Crippen molar-refractivity contribution in [3.63, 3.8) is 0 Å². The van der Waals surface area contributed by atoms with Gasteiger partial charge in [-0.3, -0.25) is 9.88 Å². The van der Waals surface area contributed by atoms with Gasteiger partial charge in [0.1, 0.15) is 0 Å². The number of aromatic nitrogens is 1. The number of nitrogens with one attached hydrogen (secondary N) is 2. The lowest BCUT2D eigenvalue weighted by Gasteiger charge is -2.21. The number of amides is 2. The van der Waals surface area contributed by atoms with E-state index in [0.717, 1.165) is 17.3 Å². The third-order valence-electron chi connectivity index (χ3n) is 6.10. The molecular weight excluding hydrogens is 438 g/mol. The first-order chi connectivity index (χ1) is 16.4. The molecule has 0 saturated carbocycles. The third-order valence-corrected chi connectivity index (χ3v) is 6.10. The highest BCUT2D eigenvalue weighted by Crippen LogP contribution is 2.29. The Morgan fingerprint density at radius 3 is 2.59 bits per heavy atom. The van der Waals surface area contributed by atoms with E-state index in [1.54, 1.807) is 13.2 Å². The lowest BCUT2D eigenvalue weighted by atomic mass is 9.94. The number of carbonyl (C=O) groups is 1. The Labute approximate surface area is 198 Å². The van der Waals surface area contributed by atoms with Crippen molar-refractivity contribution in [3.8, 4) is 11.3 Å². The zero-order valence-corrected chi connectivity index (χ0v) is 19.2. The van der Waals surface area contributed by atoms with Crippen LogP contribution in [0.15, 0.2) is 60.7 Å². The van der Waals surface area contributed by atoms with E-state index in [1.807, 2.05) is 49.4 Å². The molecule has 1 aliphatic rings. The fraction of sp³-hybridized carbons (Fsp3) is 0.308. The van der Waals surface area contributed by atoms with Gasteiger partial charge in [-0.2, -0.15) is 0 Å². The molecule has 1 fully saturated rings.